The zero-order valence-electron chi connectivity index (χ0n) is 10.7. The maximum absolute atomic E-state index is 14.0. The van der Waals surface area contributed by atoms with Crippen LogP contribution in [0.3, 0.4) is 0 Å². The van der Waals surface area contributed by atoms with Crippen molar-refractivity contribution in [2.45, 2.75) is 18.6 Å². The molecule has 0 radical (unpaired) electrons. The third-order valence-electron chi connectivity index (χ3n) is 3.01. The molecule has 1 fully saturated rings. The van der Waals surface area contributed by atoms with Crippen molar-refractivity contribution in [3.63, 3.8) is 0 Å². The van der Waals surface area contributed by atoms with Crippen molar-refractivity contribution in [3.05, 3.63) is 29.3 Å². The minimum absolute atomic E-state index is 0.0808. The van der Waals surface area contributed by atoms with Crippen molar-refractivity contribution in [1.29, 1.82) is 0 Å². The number of rotatable bonds is 2. The molecule has 1 aliphatic heterocycles. The summed E-state index contributed by atoms with van der Waals surface area (Å²) in [4.78, 5) is 12.4. The second-order valence-electron chi connectivity index (χ2n) is 5.12. The van der Waals surface area contributed by atoms with Crippen LogP contribution < -0.4 is 4.90 Å². The number of benzene rings is 1. The maximum atomic E-state index is 14.0. The van der Waals surface area contributed by atoms with Crippen LogP contribution in [0.15, 0.2) is 12.1 Å². The molecule has 1 saturated heterocycles. The molecule has 0 saturated carbocycles. The van der Waals surface area contributed by atoms with Crippen molar-refractivity contribution in [3.8, 4) is 0 Å². The Balaban J connectivity index is 2.37. The van der Waals surface area contributed by atoms with Crippen LogP contribution >= 0.6 is 11.8 Å². The summed E-state index contributed by atoms with van der Waals surface area (Å²) in [6.07, 6.45) is 0. The molecule has 0 aromatic heterocycles. The lowest BCUT2D eigenvalue weighted by molar-refractivity contribution is 0.0695. The fraction of sp³-hybridized carbons (Fsp3) is 0.462. The molecule has 0 bridgehead atoms. The van der Waals surface area contributed by atoms with Gasteiger partial charge in [-0.25, -0.2) is 13.6 Å². The van der Waals surface area contributed by atoms with Gasteiger partial charge in [0.25, 0.3) is 0 Å². The monoisotopic (exact) mass is 287 g/mol. The number of aromatic carboxylic acids is 1. The van der Waals surface area contributed by atoms with Gasteiger partial charge in [0.05, 0.1) is 5.56 Å². The van der Waals surface area contributed by atoms with Crippen molar-refractivity contribution >= 4 is 23.4 Å². The zero-order chi connectivity index (χ0) is 14.2. The lowest BCUT2D eigenvalue weighted by Crippen LogP contribution is -2.44. The van der Waals surface area contributed by atoms with Gasteiger partial charge < -0.3 is 10.0 Å². The van der Waals surface area contributed by atoms with Gasteiger partial charge in [0.15, 0.2) is 0 Å². The van der Waals surface area contributed by atoms with E-state index in [0.717, 1.165) is 17.9 Å². The Kier molecular flexibility index (Phi) is 3.71. The number of thioether (sulfide) groups is 1. The van der Waals surface area contributed by atoms with Crippen molar-refractivity contribution in [2.75, 3.05) is 23.7 Å². The summed E-state index contributed by atoms with van der Waals surface area (Å²) in [5.74, 6) is -2.19. The molecule has 0 unspecified atom stereocenters. The number of anilines is 1. The second-order valence-corrected chi connectivity index (χ2v) is 6.93. The first-order valence-corrected chi connectivity index (χ1v) is 6.90. The van der Waals surface area contributed by atoms with Crippen LogP contribution in [0, 0.1) is 11.6 Å². The van der Waals surface area contributed by atoms with Gasteiger partial charge >= 0.3 is 5.97 Å². The smallest absolute Gasteiger partial charge is 0.335 e. The fourth-order valence-electron chi connectivity index (χ4n) is 2.20. The van der Waals surface area contributed by atoms with E-state index < -0.39 is 17.6 Å². The van der Waals surface area contributed by atoms with E-state index in [-0.39, 0.29) is 16.0 Å². The molecular formula is C13H15F2NO2S. The first-order valence-electron chi connectivity index (χ1n) is 5.91. The van der Waals surface area contributed by atoms with Gasteiger partial charge in [-0.1, -0.05) is 0 Å². The topological polar surface area (TPSA) is 40.5 Å². The highest BCUT2D eigenvalue weighted by Crippen LogP contribution is 2.34. The molecule has 6 heteroatoms. The second kappa shape index (κ2) is 5.00. The van der Waals surface area contributed by atoms with Gasteiger partial charge in [-0.2, -0.15) is 11.8 Å². The van der Waals surface area contributed by atoms with E-state index in [2.05, 4.69) is 0 Å². The van der Waals surface area contributed by atoms with E-state index in [1.165, 1.54) is 0 Å². The minimum atomic E-state index is -1.33. The van der Waals surface area contributed by atoms with Gasteiger partial charge in [-0.3, -0.25) is 0 Å². The summed E-state index contributed by atoms with van der Waals surface area (Å²) in [6.45, 7) is 5.11. The molecule has 104 valence electrons. The average Bonchev–Trinajstić information content (AvgIpc) is 2.26. The quantitative estimate of drug-likeness (QED) is 0.908. The van der Waals surface area contributed by atoms with E-state index in [1.807, 2.05) is 13.8 Å². The molecule has 3 nitrogen and oxygen atoms in total. The zero-order valence-corrected chi connectivity index (χ0v) is 11.6. The van der Waals surface area contributed by atoms with Gasteiger partial charge in [0.2, 0.25) is 0 Å². The number of hydrogen-bond donors (Lipinski definition) is 1. The summed E-state index contributed by atoms with van der Waals surface area (Å²) in [6, 6.07) is 1.74. The molecule has 0 spiro atoms. The van der Waals surface area contributed by atoms with Crippen molar-refractivity contribution in [1.82, 2.24) is 0 Å². The average molecular weight is 287 g/mol. The van der Waals surface area contributed by atoms with Crippen molar-refractivity contribution in [2.24, 2.45) is 0 Å². The Morgan fingerprint density at radius 3 is 2.42 bits per heavy atom. The highest BCUT2D eigenvalue weighted by molar-refractivity contribution is 8.00. The van der Waals surface area contributed by atoms with Crippen LogP contribution in [0.1, 0.15) is 24.2 Å². The molecule has 0 amide bonds. The molecule has 1 aromatic carbocycles. The van der Waals surface area contributed by atoms with E-state index in [9.17, 15) is 13.6 Å². The van der Waals surface area contributed by atoms with E-state index in [4.69, 9.17) is 5.11 Å². The first-order chi connectivity index (χ1) is 8.80. The fourth-order valence-corrected chi connectivity index (χ4v) is 3.31. The predicted molar refractivity (Wildman–Crippen MR) is 72.1 cm³/mol. The summed E-state index contributed by atoms with van der Waals surface area (Å²) < 4.78 is 27.8. The SMILES string of the molecule is CC1(C)CN(c2c(F)cc(C(=O)O)cc2F)CCS1. The number of carboxylic acid groups (broad SMARTS) is 1. The molecule has 1 aromatic rings. The number of nitrogens with zero attached hydrogens (tertiary/aromatic N) is 1. The molecule has 0 aliphatic carbocycles. The Bertz CT molecular complexity index is 496. The molecule has 1 heterocycles. The molecule has 1 aliphatic rings. The molecule has 1 N–H and O–H groups in total. The van der Waals surface area contributed by atoms with E-state index in [0.29, 0.717) is 13.1 Å². The molecule has 0 atom stereocenters. The molecular weight excluding hydrogens is 272 g/mol. The van der Waals surface area contributed by atoms with Crippen LogP contribution in [-0.2, 0) is 0 Å². The van der Waals surface area contributed by atoms with Crippen molar-refractivity contribution < 1.29 is 18.7 Å². The molecule has 19 heavy (non-hydrogen) atoms. The predicted octanol–water partition coefficient (Wildman–Crippen LogP) is 2.99. The Labute approximate surface area is 114 Å². The third kappa shape index (κ3) is 3.00. The number of carbonyl (C=O) groups is 1. The van der Waals surface area contributed by atoms with Gasteiger partial charge in [-0.05, 0) is 26.0 Å². The lowest BCUT2D eigenvalue weighted by atomic mass is 10.1. The van der Waals surface area contributed by atoms with Crippen LogP contribution in [0.2, 0.25) is 0 Å². The maximum Gasteiger partial charge on any atom is 0.335 e. The van der Waals surface area contributed by atoms with Crippen LogP contribution in [0.4, 0.5) is 14.5 Å². The standard InChI is InChI=1S/C13H15F2NO2S/c1-13(2)7-16(3-4-19-13)11-9(14)5-8(12(17)18)6-10(11)15/h5-6H,3-4,7H2,1-2H3,(H,17,18). The van der Waals surface area contributed by atoms with Gasteiger partial charge in [0, 0.05) is 23.6 Å². The summed E-state index contributed by atoms with van der Waals surface area (Å²) in [5, 5.41) is 8.77. The van der Waals surface area contributed by atoms with E-state index >= 15 is 0 Å². The largest absolute Gasteiger partial charge is 0.478 e. The Morgan fingerprint density at radius 2 is 1.95 bits per heavy atom. The van der Waals surface area contributed by atoms with Crippen LogP contribution in [-0.4, -0.2) is 34.7 Å². The molecule has 2 rings (SSSR count). The first kappa shape index (κ1) is 14.1. The normalized spacial score (nSPS) is 18.4. The van der Waals surface area contributed by atoms with Crippen LogP contribution in [0.25, 0.3) is 0 Å². The number of hydrogen-bond acceptors (Lipinski definition) is 3. The lowest BCUT2D eigenvalue weighted by Gasteiger charge is -2.39. The highest BCUT2D eigenvalue weighted by Gasteiger charge is 2.30. The summed E-state index contributed by atoms with van der Waals surface area (Å²) in [7, 11) is 0. The highest BCUT2D eigenvalue weighted by atomic mass is 32.2. The van der Waals surface area contributed by atoms with Crippen LogP contribution in [0.5, 0.6) is 0 Å². The third-order valence-corrected chi connectivity index (χ3v) is 4.30. The number of carboxylic acids is 1. The van der Waals surface area contributed by atoms with Gasteiger partial charge in [-0.15, -0.1) is 0 Å². The Hall–Kier alpha value is -1.30. The summed E-state index contributed by atoms with van der Waals surface area (Å²) >= 11 is 1.76. The summed E-state index contributed by atoms with van der Waals surface area (Å²) in [5.41, 5.74) is -0.497. The minimum Gasteiger partial charge on any atom is -0.478 e. The van der Waals surface area contributed by atoms with E-state index in [1.54, 1.807) is 16.7 Å². The Morgan fingerprint density at radius 1 is 1.37 bits per heavy atom. The number of halogens is 2. The van der Waals surface area contributed by atoms with Gasteiger partial charge in [0.1, 0.15) is 17.3 Å².